The number of rotatable bonds is 4. The van der Waals surface area contributed by atoms with Crippen LogP contribution < -0.4 is 16.4 Å². The number of nitrogens with one attached hydrogen (secondary N) is 2. The maximum absolute atomic E-state index is 12.8. The van der Waals surface area contributed by atoms with Gasteiger partial charge in [0, 0.05) is 12.2 Å². The summed E-state index contributed by atoms with van der Waals surface area (Å²) in [6.45, 7) is 2.63. The van der Waals surface area contributed by atoms with Crippen LogP contribution in [0.2, 0.25) is 0 Å². The lowest BCUT2D eigenvalue weighted by Crippen LogP contribution is -2.12. The Labute approximate surface area is 113 Å². The van der Waals surface area contributed by atoms with E-state index in [9.17, 15) is 9.18 Å². The first kappa shape index (κ1) is 13.3. The molecule has 1 heterocycles. The van der Waals surface area contributed by atoms with Crippen LogP contribution in [0.25, 0.3) is 0 Å². The van der Waals surface area contributed by atoms with Gasteiger partial charge in [0.2, 0.25) is 0 Å². The molecular weight excluding hydrogens is 267 g/mol. The Bertz CT molecular complexity index is 582. The smallest absolute Gasteiger partial charge is 0.269 e. The minimum atomic E-state index is -0.357. The zero-order chi connectivity index (χ0) is 13.8. The molecule has 0 fully saturated rings. The van der Waals surface area contributed by atoms with Gasteiger partial charge < -0.3 is 16.4 Å². The number of amides is 1. The molecule has 0 aliphatic carbocycles. The molecule has 0 aliphatic rings. The van der Waals surface area contributed by atoms with Gasteiger partial charge in [-0.05, 0) is 31.2 Å². The van der Waals surface area contributed by atoms with Gasteiger partial charge in [0.1, 0.15) is 16.5 Å². The van der Waals surface area contributed by atoms with Crippen LogP contribution in [-0.2, 0) is 0 Å². The van der Waals surface area contributed by atoms with E-state index in [4.69, 9.17) is 5.73 Å². The standard InChI is InChI=1S/C12H13FN4OS/c1-2-15-12-17-10(14)9(19-12)11(18)16-8-5-3-7(13)4-6-8/h3-6H,2,14H2,1H3,(H,15,17)(H,16,18). The Hall–Kier alpha value is -2.15. The van der Waals surface area contributed by atoms with Gasteiger partial charge in [0.25, 0.3) is 5.91 Å². The first-order valence-corrected chi connectivity index (χ1v) is 6.49. The molecule has 1 amide bonds. The first-order chi connectivity index (χ1) is 9.10. The van der Waals surface area contributed by atoms with Crippen LogP contribution in [0.3, 0.4) is 0 Å². The number of nitrogens with zero attached hydrogens (tertiary/aromatic N) is 1. The van der Waals surface area contributed by atoms with Crippen LogP contribution in [0, 0.1) is 5.82 Å². The van der Waals surface area contributed by atoms with Gasteiger partial charge in [-0.3, -0.25) is 4.79 Å². The van der Waals surface area contributed by atoms with E-state index in [0.717, 1.165) is 0 Å². The van der Waals surface area contributed by atoms with Crippen LogP contribution in [0.5, 0.6) is 0 Å². The zero-order valence-electron chi connectivity index (χ0n) is 10.2. The number of nitrogens with two attached hydrogens (primary N) is 1. The van der Waals surface area contributed by atoms with Crippen molar-refractivity contribution in [3.63, 3.8) is 0 Å². The highest BCUT2D eigenvalue weighted by atomic mass is 32.1. The number of aromatic nitrogens is 1. The summed E-state index contributed by atoms with van der Waals surface area (Å²) >= 11 is 1.18. The lowest BCUT2D eigenvalue weighted by molar-refractivity contribution is 0.103. The van der Waals surface area contributed by atoms with E-state index in [1.54, 1.807) is 0 Å². The second-order valence-corrected chi connectivity index (χ2v) is 4.72. The molecule has 7 heteroatoms. The fraction of sp³-hybridized carbons (Fsp3) is 0.167. The number of carbonyl (C=O) groups is 1. The van der Waals surface area contributed by atoms with Crippen molar-refractivity contribution in [3.8, 4) is 0 Å². The molecule has 0 bridgehead atoms. The summed E-state index contributed by atoms with van der Waals surface area (Å²) in [6, 6.07) is 5.51. The second-order valence-electron chi connectivity index (χ2n) is 3.72. The third-order valence-electron chi connectivity index (χ3n) is 2.29. The Balaban J connectivity index is 2.13. The van der Waals surface area contributed by atoms with Crippen LogP contribution in [0.1, 0.15) is 16.6 Å². The molecule has 2 aromatic rings. The molecule has 1 aromatic heterocycles. The summed E-state index contributed by atoms with van der Waals surface area (Å²) in [6.07, 6.45) is 0. The van der Waals surface area contributed by atoms with E-state index >= 15 is 0 Å². The van der Waals surface area contributed by atoms with Gasteiger partial charge >= 0.3 is 0 Å². The van der Waals surface area contributed by atoms with E-state index in [-0.39, 0.29) is 17.5 Å². The molecule has 1 aromatic carbocycles. The number of hydrogen-bond donors (Lipinski definition) is 3. The summed E-state index contributed by atoms with van der Waals surface area (Å²) in [5, 5.41) is 6.23. The maximum Gasteiger partial charge on any atom is 0.269 e. The SMILES string of the molecule is CCNc1nc(N)c(C(=O)Nc2ccc(F)cc2)s1. The molecule has 2 rings (SSSR count). The number of carbonyl (C=O) groups excluding carboxylic acids is 1. The van der Waals surface area contributed by atoms with Gasteiger partial charge in [0.15, 0.2) is 5.13 Å². The van der Waals surface area contributed by atoms with Gasteiger partial charge in [0.05, 0.1) is 0 Å². The van der Waals surface area contributed by atoms with Gasteiger partial charge in [-0.25, -0.2) is 9.37 Å². The van der Waals surface area contributed by atoms with E-state index in [0.29, 0.717) is 22.2 Å². The summed E-state index contributed by atoms with van der Waals surface area (Å²) in [7, 11) is 0. The van der Waals surface area contributed by atoms with Crippen molar-refractivity contribution < 1.29 is 9.18 Å². The third kappa shape index (κ3) is 3.19. The average Bonchev–Trinajstić information content (AvgIpc) is 2.74. The molecule has 0 saturated heterocycles. The first-order valence-electron chi connectivity index (χ1n) is 5.67. The number of hydrogen-bond acceptors (Lipinski definition) is 5. The topological polar surface area (TPSA) is 80.0 Å². The van der Waals surface area contributed by atoms with E-state index in [1.807, 2.05) is 6.92 Å². The molecule has 0 atom stereocenters. The molecule has 4 N–H and O–H groups in total. The minimum Gasteiger partial charge on any atom is -0.382 e. The highest BCUT2D eigenvalue weighted by molar-refractivity contribution is 7.18. The third-order valence-corrected chi connectivity index (χ3v) is 3.32. The van der Waals surface area contributed by atoms with Crippen molar-refractivity contribution in [1.29, 1.82) is 0 Å². The molecule has 0 radical (unpaired) electrons. The van der Waals surface area contributed by atoms with Crippen molar-refractivity contribution in [1.82, 2.24) is 4.98 Å². The maximum atomic E-state index is 12.8. The number of benzene rings is 1. The average molecular weight is 280 g/mol. The van der Waals surface area contributed by atoms with Crippen LogP contribution >= 0.6 is 11.3 Å². The van der Waals surface area contributed by atoms with Crippen molar-refractivity contribution in [2.24, 2.45) is 0 Å². The normalized spacial score (nSPS) is 10.2. The Morgan fingerprint density at radius 3 is 2.74 bits per heavy atom. The predicted molar refractivity (Wildman–Crippen MR) is 75.0 cm³/mol. The van der Waals surface area contributed by atoms with Gasteiger partial charge in [-0.15, -0.1) is 0 Å². The van der Waals surface area contributed by atoms with Crippen molar-refractivity contribution in [2.75, 3.05) is 22.9 Å². The minimum absolute atomic E-state index is 0.181. The molecule has 100 valence electrons. The van der Waals surface area contributed by atoms with Crippen molar-refractivity contribution in [2.45, 2.75) is 6.92 Å². The van der Waals surface area contributed by atoms with Crippen LogP contribution in [0.15, 0.2) is 24.3 Å². The highest BCUT2D eigenvalue weighted by Crippen LogP contribution is 2.25. The fourth-order valence-electron chi connectivity index (χ4n) is 1.44. The summed E-state index contributed by atoms with van der Waals surface area (Å²) in [5.41, 5.74) is 6.19. The molecular formula is C12H13FN4OS. The molecule has 19 heavy (non-hydrogen) atoms. The van der Waals surface area contributed by atoms with Gasteiger partial charge in [-0.2, -0.15) is 0 Å². The van der Waals surface area contributed by atoms with Gasteiger partial charge in [-0.1, -0.05) is 11.3 Å². The number of anilines is 3. The quantitative estimate of drug-likeness (QED) is 0.804. The Kier molecular flexibility index (Phi) is 3.96. The lowest BCUT2D eigenvalue weighted by atomic mass is 10.3. The molecule has 0 spiro atoms. The van der Waals surface area contributed by atoms with E-state index in [1.165, 1.54) is 35.6 Å². The molecule has 0 saturated carbocycles. The zero-order valence-corrected chi connectivity index (χ0v) is 11.1. The molecule has 0 aliphatic heterocycles. The van der Waals surface area contributed by atoms with Crippen molar-refractivity contribution >= 4 is 33.9 Å². The highest BCUT2D eigenvalue weighted by Gasteiger charge is 2.16. The molecule has 5 nitrogen and oxygen atoms in total. The number of nitrogen functional groups attached to an aromatic ring is 1. The van der Waals surface area contributed by atoms with E-state index in [2.05, 4.69) is 15.6 Å². The monoisotopic (exact) mass is 280 g/mol. The predicted octanol–water partition coefficient (Wildman–Crippen LogP) is 2.55. The Morgan fingerprint density at radius 2 is 2.11 bits per heavy atom. The van der Waals surface area contributed by atoms with Crippen molar-refractivity contribution in [3.05, 3.63) is 35.0 Å². The van der Waals surface area contributed by atoms with Crippen LogP contribution in [0.4, 0.5) is 21.0 Å². The summed E-state index contributed by atoms with van der Waals surface area (Å²) < 4.78 is 12.8. The summed E-state index contributed by atoms with van der Waals surface area (Å²) in [4.78, 5) is 16.4. The molecule has 0 unspecified atom stereocenters. The Morgan fingerprint density at radius 1 is 1.42 bits per heavy atom. The second kappa shape index (κ2) is 5.66. The fourth-order valence-corrected chi connectivity index (χ4v) is 2.29. The van der Waals surface area contributed by atoms with Crippen LogP contribution in [-0.4, -0.2) is 17.4 Å². The number of thiazole rings is 1. The summed E-state index contributed by atoms with van der Waals surface area (Å²) in [5.74, 6) is -0.531. The van der Waals surface area contributed by atoms with E-state index < -0.39 is 0 Å². The lowest BCUT2D eigenvalue weighted by Gasteiger charge is -2.03. The number of halogens is 1. The largest absolute Gasteiger partial charge is 0.382 e.